The molecule has 0 saturated heterocycles. The van der Waals surface area contributed by atoms with Gasteiger partial charge in [-0.3, -0.25) is 0 Å². The van der Waals surface area contributed by atoms with Gasteiger partial charge in [0, 0.05) is 24.4 Å². The standard InChI is InChI=1S/C16H20F3N3O2/c1-10-21-12-9-14(24-3)13(23-2)8-11(12)15(22-10)20-7-5-4-6-16(17,18)19/h8-9H,4-7H2,1-3H3,(H,20,21,22). The van der Waals surface area contributed by atoms with Crippen LogP contribution in [0.2, 0.25) is 0 Å². The third-order valence-electron chi connectivity index (χ3n) is 3.49. The van der Waals surface area contributed by atoms with Gasteiger partial charge in [0.05, 0.1) is 19.7 Å². The van der Waals surface area contributed by atoms with Gasteiger partial charge in [0.1, 0.15) is 11.6 Å². The van der Waals surface area contributed by atoms with Gasteiger partial charge in [0.25, 0.3) is 0 Å². The molecule has 0 saturated carbocycles. The maximum absolute atomic E-state index is 12.2. The van der Waals surface area contributed by atoms with Crippen LogP contribution in [0.25, 0.3) is 10.9 Å². The number of ether oxygens (including phenoxy) is 2. The van der Waals surface area contributed by atoms with Crippen molar-refractivity contribution in [3.63, 3.8) is 0 Å². The van der Waals surface area contributed by atoms with Crippen molar-refractivity contribution in [2.45, 2.75) is 32.4 Å². The normalized spacial score (nSPS) is 11.6. The van der Waals surface area contributed by atoms with Crippen LogP contribution < -0.4 is 14.8 Å². The Balaban J connectivity index is 2.17. The van der Waals surface area contributed by atoms with Crippen LogP contribution >= 0.6 is 0 Å². The van der Waals surface area contributed by atoms with Gasteiger partial charge >= 0.3 is 6.18 Å². The van der Waals surface area contributed by atoms with E-state index in [1.54, 1.807) is 19.1 Å². The zero-order chi connectivity index (χ0) is 17.7. The molecule has 0 unspecified atom stereocenters. The maximum Gasteiger partial charge on any atom is 0.389 e. The van der Waals surface area contributed by atoms with Crippen LogP contribution in [0.15, 0.2) is 12.1 Å². The number of halogens is 3. The molecule has 0 amide bonds. The number of nitrogens with one attached hydrogen (secondary N) is 1. The Hall–Kier alpha value is -2.25. The summed E-state index contributed by atoms with van der Waals surface area (Å²) < 4.78 is 47.0. The highest BCUT2D eigenvalue weighted by Gasteiger charge is 2.25. The number of hydrogen-bond donors (Lipinski definition) is 1. The number of unbranched alkanes of at least 4 members (excludes halogenated alkanes) is 1. The van der Waals surface area contributed by atoms with E-state index >= 15 is 0 Å². The molecular formula is C16H20F3N3O2. The number of benzene rings is 1. The summed E-state index contributed by atoms with van der Waals surface area (Å²) in [6, 6.07) is 3.50. The molecule has 0 atom stereocenters. The lowest BCUT2D eigenvalue weighted by molar-refractivity contribution is -0.135. The molecule has 0 aliphatic rings. The molecule has 0 spiro atoms. The largest absolute Gasteiger partial charge is 0.493 e. The number of fused-ring (bicyclic) bond motifs is 1. The molecule has 0 aliphatic carbocycles. The monoisotopic (exact) mass is 343 g/mol. The van der Waals surface area contributed by atoms with Gasteiger partial charge in [-0.25, -0.2) is 9.97 Å². The van der Waals surface area contributed by atoms with Crippen molar-refractivity contribution in [1.82, 2.24) is 9.97 Å². The number of alkyl halides is 3. The van der Waals surface area contributed by atoms with Crippen molar-refractivity contribution in [3.8, 4) is 11.5 Å². The van der Waals surface area contributed by atoms with Crippen molar-refractivity contribution in [1.29, 1.82) is 0 Å². The molecule has 1 aromatic heterocycles. The van der Waals surface area contributed by atoms with E-state index in [0.717, 1.165) is 5.39 Å². The minimum Gasteiger partial charge on any atom is -0.493 e. The summed E-state index contributed by atoms with van der Waals surface area (Å²) in [5, 5.41) is 3.82. The Labute approximate surface area is 138 Å². The van der Waals surface area contributed by atoms with E-state index < -0.39 is 12.6 Å². The fourth-order valence-electron chi connectivity index (χ4n) is 2.36. The van der Waals surface area contributed by atoms with Crippen molar-refractivity contribution in [3.05, 3.63) is 18.0 Å². The molecule has 5 nitrogen and oxygen atoms in total. The summed E-state index contributed by atoms with van der Waals surface area (Å²) in [5.74, 6) is 2.23. The summed E-state index contributed by atoms with van der Waals surface area (Å²) in [5.41, 5.74) is 0.679. The van der Waals surface area contributed by atoms with Crippen LogP contribution in [0.4, 0.5) is 19.0 Å². The highest BCUT2D eigenvalue weighted by atomic mass is 19.4. The molecule has 2 aromatic rings. The molecule has 8 heteroatoms. The molecular weight excluding hydrogens is 323 g/mol. The smallest absolute Gasteiger partial charge is 0.389 e. The van der Waals surface area contributed by atoms with Crippen LogP contribution in [-0.4, -0.2) is 36.9 Å². The fraction of sp³-hybridized carbons (Fsp3) is 0.500. The van der Waals surface area contributed by atoms with E-state index in [-0.39, 0.29) is 6.42 Å². The number of hydrogen-bond acceptors (Lipinski definition) is 5. The molecule has 0 radical (unpaired) electrons. The highest BCUT2D eigenvalue weighted by molar-refractivity contribution is 5.91. The van der Waals surface area contributed by atoms with E-state index in [9.17, 15) is 13.2 Å². The second-order valence-corrected chi connectivity index (χ2v) is 5.34. The third-order valence-corrected chi connectivity index (χ3v) is 3.49. The van der Waals surface area contributed by atoms with Gasteiger partial charge in [-0.1, -0.05) is 0 Å². The Bertz CT molecular complexity index is 705. The number of aryl methyl sites for hydroxylation is 1. The molecule has 24 heavy (non-hydrogen) atoms. The van der Waals surface area contributed by atoms with Gasteiger partial charge in [-0.2, -0.15) is 13.2 Å². The van der Waals surface area contributed by atoms with Crippen molar-refractivity contribution < 1.29 is 22.6 Å². The number of aromatic nitrogens is 2. The first-order valence-electron chi connectivity index (χ1n) is 7.55. The van der Waals surface area contributed by atoms with E-state index in [4.69, 9.17) is 9.47 Å². The van der Waals surface area contributed by atoms with Crippen molar-refractivity contribution >= 4 is 16.7 Å². The van der Waals surface area contributed by atoms with Crippen LogP contribution in [-0.2, 0) is 0 Å². The van der Waals surface area contributed by atoms with Crippen LogP contribution in [0.3, 0.4) is 0 Å². The fourth-order valence-corrected chi connectivity index (χ4v) is 2.36. The van der Waals surface area contributed by atoms with Gasteiger partial charge < -0.3 is 14.8 Å². The molecule has 2 rings (SSSR count). The van der Waals surface area contributed by atoms with E-state index in [2.05, 4.69) is 15.3 Å². The minimum atomic E-state index is -4.11. The Morgan fingerprint density at radius 2 is 1.71 bits per heavy atom. The lowest BCUT2D eigenvalue weighted by Crippen LogP contribution is -2.10. The third kappa shape index (κ3) is 4.62. The number of nitrogens with zero attached hydrogens (tertiary/aromatic N) is 2. The van der Waals surface area contributed by atoms with Gasteiger partial charge in [0.2, 0.25) is 0 Å². The SMILES string of the molecule is COc1cc2nc(C)nc(NCCCCC(F)(F)F)c2cc1OC. The quantitative estimate of drug-likeness (QED) is 0.767. The number of methoxy groups -OCH3 is 2. The van der Waals surface area contributed by atoms with Gasteiger partial charge in [0.15, 0.2) is 11.5 Å². The van der Waals surface area contributed by atoms with Crippen LogP contribution in [0.5, 0.6) is 11.5 Å². The van der Waals surface area contributed by atoms with Crippen molar-refractivity contribution in [2.24, 2.45) is 0 Å². The molecule has 0 aliphatic heterocycles. The second kappa shape index (κ2) is 7.55. The zero-order valence-corrected chi connectivity index (χ0v) is 13.8. The summed E-state index contributed by atoms with van der Waals surface area (Å²) >= 11 is 0. The average Bonchev–Trinajstić information content (AvgIpc) is 2.51. The predicted molar refractivity (Wildman–Crippen MR) is 85.8 cm³/mol. The van der Waals surface area contributed by atoms with Crippen LogP contribution in [0.1, 0.15) is 25.1 Å². The Morgan fingerprint density at radius 1 is 1.04 bits per heavy atom. The zero-order valence-electron chi connectivity index (χ0n) is 13.8. The molecule has 0 fully saturated rings. The first-order chi connectivity index (χ1) is 11.3. The molecule has 132 valence electrons. The summed E-state index contributed by atoms with van der Waals surface area (Å²) in [6.45, 7) is 2.15. The van der Waals surface area contributed by atoms with E-state index in [1.807, 2.05) is 0 Å². The van der Waals surface area contributed by atoms with E-state index in [1.165, 1.54) is 14.2 Å². The first kappa shape index (κ1) is 18.1. The van der Waals surface area contributed by atoms with E-state index in [0.29, 0.717) is 41.6 Å². The maximum atomic E-state index is 12.2. The molecule has 0 bridgehead atoms. The van der Waals surface area contributed by atoms with Gasteiger partial charge in [-0.15, -0.1) is 0 Å². The molecule has 1 heterocycles. The number of rotatable bonds is 7. The Kier molecular flexibility index (Phi) is 5.69. The lowest BCUT2D eigenvalue weighted by atomic mass is 10.2. The molecule has 1 N–H and O–H groups in total. The predicted octanol–water partition coefficient (Wildman–Crippen LogP) is 4.10. The summed E-state index contributed by atoms with van der Waals surface area (Å²) in [6.07, 6.45) is -4.40. The second-order valence-electron chi connectivity index (χ2n) is 5.34. The topological polar surface area (TPSA) is 56.3 Å². The minimum absolute atomic E-state index is 0.0790. The van der Waals surface area contributed by atoms with Gasteiger partial charge in [-0.05, 0) is 25.8 Å². The first-order valence-corrected chi connectivity index (χ1v) is 7.55. The lowest BCUT2D eigenvalue weighted by Gasteiger charge is -2.13. The van der Waals surface area contributed by atoms with Crippen molar-refractivity contribution in [2.75, 3.05) is 26.1 Å². The average molecular weight is 343 g/mol. The highest BCUT2D eigenvalue weighted by Crippen LogP contribution is 2.34. The summed E-state index contributed by atoms with van der Waals surface area (Å²) in [4.78, 5) is 8.70. The Morgan fingerprint density at radius 3 is 2.33 bits per heavy atom. The summed E-state index contributed by atoms with van der Waals surface area (Å²) in [7, 11) is 3.07. The number of anilines is 1. The van der Waals surface area contributed by atoms with Crippen LogP contribution in [0, 0.1) is 6.92 Å². The molecule has 1 aromatic carbocycles.